The van der Waals surface area contributed by atoms with Gasteiger partial charge < -0.3 is 14.8 Å². The largest absolute Gasteiger partial charge is 0.337 e. The fourth-order valence-electron chi connectivity index (χ4n) is 6.64. The minimum atomic E-state index is -0.511. The Kier molecular flexibility index (Phi) is 5.50. The fourth-order valence-corrected chi connectivity index (χ4v) is 6.64. The molecule has 0 radical (unpaired) electrons. The number of benzene rings is 2. The molecule has 3 N–H and O–H groups in total. The van der Waals surface area contributed by atoms with Gasteiger partial charge in [-0.05, 0) is 54.9 Å². The molecule has 2 bridgehead atoms. The van der Waals surface area contributed by atoms with Gasteiger partial charge in [-0.15, -0.1) is 0 Å². The number of aryl methyl sites for hydroxylation is 1. The second kappa shape index (κ2) is 9.07. The van der Waals surface area contributed by atoms with Crippen molar-refractivity contribution in [3.8, 4) is 11.1 Å². The van der Waals surface area contributed by atoms with Gasteiger partial charge >= 0.3 is 5.69 Å². The molecule has 3 aliphatic rings. The van der Waals surface area contributed by atoms with Crippen LogP contribution in [-0.4, -0.2) is 67.5 Å². The van der Waals surface area contributed by atoms with Gasteiger partial charge in [0.1, 0.15) is 0 Å². The van der Waals surface area contributed by atoms with E-state index in [2.05, 4.69) is 20.2 Å². The first-order valence-electron chi connectivity index (χ1n) is 13.4. The summed E-state index contributed by atoms with van der Waals surface area (Å²) in [5.74, 6) is -0.184. The number of rotatable bonds is 3. The van der Waals surface area contributed by atoms with Crippen LogP contribution in [0.4, 0.5) is 0 Å². The third kappa shape index (κ3) is 4.07. The number of H-pyrrole nitrogens is 3. The van der Waals surface area contributed by atoms with Crippen LogP contribution >= 0.6 is 0 Å². The number of likely N-dealkylation sites (tertiary alicyclic amines) is 2. The van der Waals surface area contributed by atoms with Gasteiger partial charge in [-0.25, -0.2) is 4.79 Å². The van der Waals surface area contributed by atoms with Gasteiger partial charge in [-0.2, -0.15) is 5.10 Å². The molecule has 2 amide bonds. The molecular weight excluding hydrogens is 496 g/mol. The topological polar surface area (TPSA) is 135 Å². The zero-order valence-electron chi connectivity index (χ0n) is 21.3. The molecule has 39 heavy (non-hydrogen) atoms. The van der Waals surface area contributed by atoms with Crippen LogP contribution in [0.3, 0.4) is 0 Å². The fraction of sp³-hybridized carbons (Fsp3) is 0.345. The molecule has 10 heteroatoms. The van der Waals surface area contributed by atoms with Gasteiger partial charge in [0.25, 0.3) is 11.5 Å². The van der Waals surface area contributed by atoms with Crippen LogP contribution in [0.5, 0.6) is 0 Å². The van der Waals surface area contributed by atoms with E-state index >= 15 is 0 Å². The number of nitrogens with one attached hydrogen (secondary N) is 3. The van der Waals surface area contributed by atoms with Gasteiger partial charge in [-0.3, -0.25) is 24.5 Å². The molecule has 0 spiro atoms. The Bertz CT molecular complexity index is 1720. The maximum absolute atomic E-state index is 13.6. The minimum absolute atomic E-state index is 0.0340. The minimum Gasteiger partial charge on any atom is -0.337 e. The quantitative estimate of drug-likeness (QED) is 0.377. The average Bonchev–Trinajstić information content (AvgIpc) is 3.51. The normalized spacial score (nSPS) is 22.2. The van der Waals surface area contributed by atoms with Crippen molar-refractivity contribution in [2.75, 3.05) is 19.6 Å². The third-order valence-electron chi connectivity index (χ3n) is 8.53. The van der Waals surface area contributed by atoms with E-state index in [-0.39, 0.29) is 29.7 Å². The van der Waals surface area contributed by atoms with E-state index in [0.29, 0.717) is 55.8 Å². The van der Waals surface area contributed by atoms with Gasteiger partial charge in [-0.1, -0.05) is 36.4 Å². The van der Waals surface area contributed by atoms with Crippen molar-refractivity contribution >= 4 is 22.7 Å². The molecule has 2 fully saturated rings. The molecule has 3 unspecified atom stereocenters. The Morgan fingerprint density at radius 3 is 2.64 bits per heavy atom. The third-order valence-corrected chi connectivity index (χ3v) is 8.53. The summed E-state index contributed by atoms with van der Waals surface area (Å²) in [6, 6.07) is 16.0. The summed E-state index contributed by atoms with van der Waals surface area (Å²) < 4.78 is 0. The molecule has 10 nitrogen and oxygen atoms in total. The molecule has 7 rings (SSSR count). The van der Waals surface area contributed by atoms with E-state index in [1.54, 1.807) is 0 Å². The summed E-state index contributed by atoms with van der Waals surface area (Å²) in [7, 11) is 0. The van der Waals surface area contributed by atoms with Crippen LogP contribution in [0.25, 0.3) is 22.0 Å². The molecule has 3 atom stereocenters. The standard InChI is InChI=1S/C29H28N6O4/c36-26-22-11-19(7-9-23(22)30-29(39)31-26)27(37)35-14-16-10-20(35)15-34(13-16)28(38)25-21-8-6-18(12-24(21)32-33-25)17-4-2-1-3-5-17/h1-6,8,12,16,19-20H,7,9-11,13-15H2,(H,32,33)(H2,30,31,36,39). The molecule has 2 aromatic carbocycles. The number of aromatic amines is 3. The Hall–Kier alpha value is -4.47. The van der Waals surface area contributed by atoms with Crippen LogP contribution in [0, 0.1) is 11.8 Å². The monoisotopic (exact) mass is 524 g/mol. The molecule has 0 saturated carbocycles. The number of fused-ring (bicyclic) bond motifs is 4. The maximum Gasteiger partial charge on any atom is 0.325 e. The highest BCUT2D eigenvalue weighted by Gasteiger charge is 2.44. The number of nitrogens with zero attached hydrogens (tertiary/aromatic N) is 3. The number of carbonyl (C=O) groups excluding carboxylic acids is 2. The van der Waals surface area contributed by atoms with Crippen LogP contribution in [-0.2, 0) is 17.6 Å². The van der Waals surface area contributed by atoms with Crippen molar-refractivity contribution in [2.24, 2.45) is 11.8 Å². The molecule has 4 heterocycles. The van der Waals surface area contributed by atoms with Gasteiger partial charge in [0, 0.05) is 48.2 Å². The number of piperidine rings is 1. The molecule has 2 aliphatic heterocycles. The Morgan fingerprint density at radius 2 is 1.79 bits per heavy atom. The number of carbonyl (C=O) groups is 2. The first kappa shape index (κ1) is 23.6. The summed E-state index contributed by atoms with van der Waals surface area (Å²) >= 11 is 0. The lowest BCUT2D eigenvalue weighted by molar-refractivity contribution is -0.136. The lowest BCUT2D eigenvalue weighted by Gasteiger charge is -2.34. The van der Waals surface area contributed by atoms with Gasteiger partial charge in [0.05, 0.1) is 5.52 Å². The summed E-state index contributed by atoms with van der Waals surface area (Å²) in [5, 5.41) is 8.20. The molecule has 1 aliphatic carbocycles. The lowest BCUT2D eigenvalue weighted by atomic mass is 9.86. The van der Waals surface area contributed by atoms with Crippen molar-refractivity contribution in [3.63, 3.8) is 0 Å². The van der Waals surface area contributed by atoms with E-state index in [4.69, 9.17) is 0 Å². The zero-order valence-corrected chi connectivity index (χ0v) is 21.3. The van der Waals surface area contributed by atoms with Crippen molar-refractivity contribution in [3.05, 3.63) is 86.3 Å². The summed E-state index contributed by atoms with van der Waals surface area (Å²) in [6.07, 6.45) is 2.27. The number of hydrogen-bond donors (Lipinski definition) is 3. The average molecular weight is 525 g/mol. The number of amides is 2. The van der Waals surface area contributed by atoms with Gasteiger partial charge in [0.15, 0.2) is 5.69 Å². The van der Waals surface area contributed by atoms with Crippen molar-refractivity contribution in [1.29, 1.82) is 0 Å². The molecular formula is C29H28N6O4. The second-order valence-corrected chi connectivity index (χ2v) is 11.0. The molecule has 198 valence electrons. The Balaban J connectivity index is 1.07. The van der Waals surface area contributed by atoms with Gasteiger partial charge in [0.2, 0.25) is 5.91 Å². The zero-order chi connectivity index (χ0) is 26.7. The van der Waals surface area contributed by atoms with E-state index in [1.807, 2.05) is 58.3 Å². The molecule has 4 aromatic rings. The highest BCUT2D eigenvalue weighted by molar-refractivity contribution is 6.05. The lowest BCUT2D eigenvalue weighted by Crippen LogP contribution is -2.48. The second-order valence-electron chi connectivity index (χ2n) is 11.0. The van der Waals surface area contributed by atoms with Crippen LogP contribution < -0.4 is 11.2 Å². The maximum atomic E-state index is 13.6. The van der Waals surface area contributed by atoms with E-state index < -0.39 is 11.2 Å². The highest BCUT2D eigenvalue weighted by atomic mass is 16.2. The first-order valence-corrected chi connectivity index (χ1v) is 13.4. The SMILES string of the molecule is O=C(c1n[nH]c2cc(-c3ccccc3)ccc12)N1CC2CC(C1)N(C(=O)C1CCc3[nH]c(=O)[nH]c(=O)c3C1)C2. The van der Waals surface area contributed by atoms with Crippen molar-refractivity contribution in [2.45, 2.75) is 31.7 Å². The predicted octanol–water partition coefficient (Wildman–Crippen LogP) is 2.08. The summed E-state index contributed by atoms with van der Waals surface area (Å²) in [5.41, 5.74) is 3.57. The van der Waals surface area contributed by atoms with E-state index in [0.717, 1.165) is 28.5 Å². The van der Waals surface area contributed by atoms with Crippen LogP contribution in [0.2, 0.25) is 0 Å². The van der Waals surface area contributed by atoms with E-state index in [9.17, 15) is 19.2 Å². The first-order chi connectivity index (χ1) is 18.9. The molecule has 2 aromatic heterocycles. The smallest absolute Gasteiger partial charge is 0.325 e. The summed E-state index contributed by atoms with van der Waals surface area (Å²) in [4.78, 5) is 59.8. The summed E-state index contributed by atoms with van der Waals surface area (Å²) in [6.45, 7) is 1.67. The predicted molar refractivity (Wildman–Crippen MR) is 144 cm³/mol. The van der Waals surface area contributed by atoms with Crippen LogP contribution in [0.1, 0.15) is 34.6 Å². The number of hydrogen-bond acceptors (Lipinski definition) is 5. The Morgan fingerprint density at radius 1 is 0.949 bits per heavy atom. The van der Waals surface area contributed by atoms with Crippen molar-refractivity contribution in [1.82, 2.24) is 30.0 Å². The highest BCUT2D eigenvalue weighted by Crippen LogP contribution is 2.34. The number of aromatic nitrogens is 4. The van der Waals surface area contributed by atoms with E-state index in [1.165, 1.54) is 0 Å². The molecule has 2 saturated heterocycles. The van der Waals surface area contributed by atoms with Crippen molar-refractivity contribution < 1.29 is 9.59 Å². The van der Waals surface area contributed by atoms with Crippen LogP contribution in [0.15, 0.2) is 58.1 Å². The Labute approximate surface area is 223 Å².